The maximum Gasteiger partial charge on any atom is 0.179 e. The molecular weight excluding hydrogens is 274 g/mol. The topological polar surface area (TPSA) is 55.4 Å². The van der Waals surface area contributed by atoms with Crippen molar-refractivity contribution in [1.29, 1.82) is 0 Å². The highest BCUT2D eigenvalue weighted by Crippen LogP contribution is 2.45. The van der Waals surface area contributed by atoms with Gasteiger partial charge >= 0.3 is 0 Å². The van der Waals surface area contributed by atoms with Gasteiger partial charge in [0.15, 0.2) is 9.84 Å². The molecular formula is C15H23NO3S. The Labute approximate surface area is 121 Å². The monoisotopic (exact) mass is 297 g/mol. The zero-order valence-electron chi connectivity index (χ0n) is 12.5. The molecule has 1 saturated carbocycles. The first-order valence-corrected chi connectivity index (χ1v) is 8.86. The molecule has 0 bridgehead atoms. The molecule has 1 aliphatic rings. The van der Waals surface area contributed by atoms with Crippen LogP contribution in [0, 0.1) is 5.92 Å². The molecule has 1 fully saturated rings. The van der Waals surface area contributed by atoms with Crippen LogP contribution >= 0.6 is 0 Å². The number of benzene rings is 1. The van der Waals surface area contributed by atoms with Crippen LogP contribution < -0.4 is 10.1 Å². The number of hydrogen-bond acceptors (Lipinski definition) is 4. The molecule has 0 saturated heterocycles. The van der Waals surface area contributed by atoms with Gasteiger partial charge < -0.3 is 10.1 Å². The number of methoxy groups -OCH3 is 1. The lowest BCUT2D eigenvalue weighted by molar-refractivity contribution is 0.169. The van der Waals surface area contributed by atoms with Gasteiger partial charge in [0.25, 0.3) is 0 Å². The third-order valence-corrected chi connectivity index (χ3v) is 5.54. The summed E-state index contributed by atoms with van der Waals surface area (Å²) < 4.78 is 28.7. The lowest BCUT2D eigenvalue weighted by Gasteiger charge is -2.45. The van der Waals surface area contributed by atoms with Crippen molar-refractivity contribution in [3.8, 4) is 5.75 Å². The smallest absolute Gasteiger partial charge is 0.179 e. The SMILES string of the molecule is CCC1C(NC)CC1c1ccc(S(C)(=O)=O)c(OC)c1. The number of nitrogens with one attached hydrogen (secondary N) is 1. The Morgan fingerprint density at radius 3 is 2.60 bits per heavy atom. The van der Waals surface area contributed by atoms with Crippen LogP contribution in [0.4, 0.5) is 0 Å². The lowest BCUT2D eigenvalue weighted by atomic mass is 9.65. The van der Waals surface area contributed by atoms with Crippen LogP contribution in [0.3, 0.4) is 0 Å². The fourth-order valence-electron chi connectivity index (χ4n) is 3.21. The average Bonchev–Trinajstić information content (AvgIpc) is 2.37. The molecule has 0 aliphatic heterocycles. The summed E-state index contributed by atoms with van der Waals surface area (Å²) in [5.41, 5.74) is 1.17. The van der Waals surface area contributed by atoms with Gasteiger partial charge in [-0.2, -0.15) is 0 Å². The van der Waals surface area contributed by atoms with Crippen LogP contribution in [-0.2, 0) is 9.84 Å². The van der Waals surface area contributed by atoms with Crippen molar-refractivity contribution in [2.24, 2.45) is 5.92 Å². The van der Waals surface area contributed by atoms with Gasteiger partial charge in [-0.25, -0.2) is 8.42 Å². The van der Waals surface area contributed by atoms with E-state index in [4.69, 9.17) is 4.74 Å². The quantitative estimate of drug-likeness (QED) is 0.905. The second kappa shape index (κ2) is 5.74. The first-order chi connectivity index (χ1) is 9.42. The van der Waals surface area contributed by atoms with Gasteiger partial charge in [-0.3, -0.25) is 0 Å². The Morgan fingerprint density at radius 1 is 1.40 bits per heavy atom. The molecule has 1 aromatic rings. The largest absolute Gasteiger partial charge is 0.495 e. The summed E-state index contributed by atoms with van der Waals surface area (Å²) >= 11 is 0. The van der Waals surface area contributed by atoms with E-state index in [1.807, 2.05) is 19.2 Å². The summed E-state index contributed by atoms with van der Waals surface area (Å²) in [4.78, 5) is 0.265. The lowest BCUT2D eigenvalue weighted by Crippen LogP contribution is -2.47. The highest BCUT2D eigenvalue weighted by atomic mass is 32.2. The molecule has 0 radical (unpaired) electrons. The fraction of sp³-hybridized carbons (Fsp3) is 0.600. The van der Waals surface area contributed by atoms with E-state index in [0.717, 1.165) is 12.8 Å². The summed E-state index contributed by atoms with van der Waals surface area (Å²) in [6, 6.07) is 6.04. The summed E-state index contributed by atoms with van der Waals surface area (Å²) in [6.07, 6.45) is 3.42. The number of hydrogen-bond donors (Lipinski definition) is 1. The van der Waals surface area contributed by atoms with Crippen LogP contribution in [0.25, 0.3) is 0 Å². The molecule has 4 nitrogen and oxygen atoms in total. The Hall–Kier alpha value is -1.07. The van der Waals surface area contributed by atoms with E-state index < -0.39 is 9.84 Å². The minimum absolute atomic E-state index is 0.265. The summed E-state index contributed by atoms with van der Waals surface area (Å²) in [7, 11) is 0.264. The summed E-state index contributed by atoms with van der Waals surface area (Å²) in [5, 5.41) is 3.34. The molecule has 3 unspecified atom stereocenters. The zero-order valence-corrected chi connectivity index (χ0v) is 13.3. The second-order valence-electron chi connectivity index (χ2n) is 5.49. The normalized spacial score (nSPS) is 26.1. The average molecular weight is 297 g/mol. The van der Waals surface area contributed by atoms with E-state index in [9.17, 15) is 8.42 Å². The first-order valence-electron chi connectivity index (χ1n) is 6.97. The van der Waals surface area contributed by atoms with Crippen molar-refractivity contribution in [3.63, 3.8) is 0 Å². The molecule has 112 valence electrons. The number of ether oxygens (including phenoxy) is 1. The van der Waals surface area contributed by atoms with Crippen LogP contribution in [-0.4, -0.2) is 34.9 Å². The second-order valence-corrected chi connectivity index (χ2v) is 7.48. The van der Waals surface area contributed by atoms with E-state index >= 15 is 0 Å². The van der Waals surface area contributed by atoms with E-state index in [1.165, 1.54) is 18.9 Å². The third kappa shape index (κ3) is 2.69. The van der Waals surface area contributed by atoms with Crippen molar-refractivity contribution >= 4 is 9.84 Å². The Balaban J connectivity index is 2.32. The fourth-order valence-corrected chi connectivity index (χ4v) is 4.04. The van der Waals surface area contributed by atoms with E-state index in [2.05, 4.69) is 12.2 Å². The molecule has 2 rings (SSSR count). The van der Waals surface area contributed by atoms with Gasteiger partial charge in [-0.05, 0) is 43.0 Å². The third-order valence-electron chi connectivity index (χ3n) is 4.40. The van der Waals surface area contributed by atoms with Gasteiger partial charge in [0.1, 0.15) is 10.6 Å². The molecule has 0 heterocycles. The molecule has 3 atom stereocenters. The minimum atomic E-state index is -3.25. The highest BCUT2D eigenvalue weighted by molar-refractivity contribution is 7.90. The molecule has 5 heteroatoms. The number of rotatable bonds is 5. The first kappa shape index (κ1) is 15.3. The summed E-state index contributed by atoms with van der Waals surface area (Å²) in [5.74, 6) is 1.54. The predicted octanol–water partition coefficient (Wildman–Crippen LogP) is 2.20. The van der Waals surface area contributed by atoms with E-state index in [1.54, 1.807) is 6.07 Å². The molecule has 0 amide bonds. The van der Waals surface area contributed by atoms with Crippen LogP contribution in [0.1, 0.15) is 31.2 Å². The molecule has 1 aromatic carbocycles. The van der Waals surface area contributed by atoms with Gasteiger partial charge in [0.05, 0.1) is 7.11 Å². The zero-order chi connectivity index (χ0) is 14.9. The summed E-state index contributed by atoms with van der Waals surface area (Å²) in [6.45, 7) is 2.20. The minimum Gasteiger partial charge on any atom is -0.495 e. The molecule has 0 spiro atoms. The van der Waals surface area contributed by atoms with Crippen molar-refractivity contribution < 1.29 is 13.2 Å². The van der Waals surface area contributed by atoms with Crippen molar-refractivity contribution in [2.45, 2.75) is 36.6 Å². The van der Waals surface area contributed by atoms with E-state index in [-0.39, 0.29) is 4.90 Å². The molecule has 1 N–H and O–H groups in total. The van der Waals surface area contributed by atoms with Crippen LogP contribution in [0.5, 0.6) is 5.75 Å². The van der Waals surface area contributed by atoms with E-state index in [0.29, 0.717) is 23.6 Å². The maximum atomic E-state index is 11.7. The molecule has 20 heavy (non-hydrogen) atoms. The van der Waals surface area contributed by atoms with Gasteiger partial charge in [0, 0.05) is 12.3 Å². The predicted molar refractivity (Wildman–Crippen MR) is 80.1 cm³/mol. The molecule has 0 aromatic heterocycles. The van der Waals surface area contributed by atoms with Crippen molar-refractivity contribution in [1.82, 2.24) is 5.32 Å². The van der Waals surface area contributed by atoms with Crippen LogP contribution in [0.2, 0.25) is 0 Å². The highest BCUT2D eigenvalue weighted by Gasteiger charge is 2.39. The van der Waals surface area contributed by atoms with Crippen molar-refractivity contribution in [2.75, 3.05) is 20.4 Å². The van der Waals surface area contributed by atoms with Crippen molar-refractivity contribution in [3.05, 3.63) is 23.8 Å². The Bertz CT molecular complexity index is 583. The van der Waals surface area contributed by atoms with Gasteiger partial charge in [0.2, 0.25) is 0 Å². The standard InChI is InChI=1S/C15H23NO3S/c1-5-11-12(9-13(11)16-2)10-6-7-15(20(4,17)18)14(8-10)19-3/h6-8,11-13,16H,5,9H2,1-4H3. The van der Waals surface area contributed by atoms with Crippen LogP contribution in [0.15, 0.2) is 23.1 Å². The number of sulfone groups is 1. The van der Waals surface area contributed by atoms with Gasteiger partial charge in [-0.1, -0.05) is 19.4 Å². The molecule has 1 aliphatic carbocycles. The Kier molecular flexibility index (Phi) is 4.39. The Morgan fingerprint density at radius 2 is 2.10 bits per heavy atom. The van der Waals surface area contributed by atoms with Gasteiger partial charge in [-0.15, -0.1) is 0 Å². The maximum absolute atomic E-state index is 11.7.